The molecule has 112 valence electrons. The number of rotatable bonds is 4. The number of nitrogens with zero attached hydrogens (tertiary/aromatic N) is 3. The largest absolute Gasteiger partial charge is 0.390 e. The Morgan fingerprint density at radius 1 is 1.40 bits per heavy atom. The van der Waals surface area contributed by atoms with Crippen LogP contribution in [0, 0.1) is 0 Å². The maximum Gasteiger partial charge on any atom is 0.390 e. The quantitative estimate of drug-likeness (QED) is 0.765. The predicted octanol–water partition coefficient (Wildman–Crippen LogP) is 0.960. The molecule has 1 aliphatic rings. The first-order valence-corrected chi connectivity index (χ1v) is 6.29. The number of aromatic nitrogens is 2. The maximum absolute atomic E-state index is 12.1. The molecule has 0 saturated carbocycles. The smallest absolute Gasteiger partial charge is 0.370 e. The Balaban J connectivity index is 2.01. The van der Waals surface area contributed by atoms with Crippen molar-refractivity contribution in [3.8, 4) is 0 Å². The number of nitrogens with one attached hydrogen (secondary N) is 1. The van der Waals surface area contributed by atoms with E-state index in [1.165, 1.54) is 0 Å². The van der Waals surface area contributed by atoms with E-state index in [0.717, 1.165) is 13.0 Å². The van der Waals surface area contributed by atoms with E-state index in [2.05, 4.69) is 15.3 Å². The molecule has 1 aliphatic heterocycles. The van der Waals surface area contributed by atoms with Crippen LogP contribution in [0.5, 0.6) is 0 Å². The first-order chi connectivity index (χ1) is 9.33. The summed E-state index contributed by atoms with van der Waals surface area (Å²) in [7, 11) is 0. The van der Waals surface area contributed by atoms with E-state index in [1.54, 1.807) is 6.07 Å². The highest BCUT2D eigenvalue weighted by Gasteiger charge is 2.26. The Bertz CT molecular complexity index is 464. The molecule has 0 aliphatic carbocycles. The summed E-state index contributed by atoms with van der Waals surface area (Å²) in [4.78, 5) is 9.90. The van der Waals surface area contributed by atoms with Crippen LogP contribution in [0.1, 0.15) is 12.8 Å². The number of alkyl halides is 3. The lowest BCUT2D eigenvalue weighted by atomic mass is 10.3. The fourth-order valence-corrected chi connectivity index (χ4v) is 2.03. The van der Waals surface area contributed by atoms with Gasteiger partial charge in [0.25, 0.3) is 0 Å². The van der Waals surface area contributed by atoms with Crippen LogP contribution in [0.2, 0.25) is 0 Å². The molecule has 0 amide bonds. The topological polar surface area (TPSA) is 93.1 Å². The van der Waals surface area contributed by atoms with Crippen LogP contribution in [-0.2, 0) is 0 Å². The monoisotopic (exact) mass is 290 g/mol. The van der Waals surface area contributed by atoms with Crippen molar-refractivity contribution in [3.63, 3.8) is 0 Å². The van der Waals surface area contributed by atoms with Gasteiger partial charge in [0.1, 0.15) is 11.6 Å². The first-order valence-electron chi connectivity index (χ1n) is 6.29. The van der Waals surface area contributed by atoms with Gasteiger partial charge in [-0.05, 0) is 6.42 Å². The molecule has 0 unspecified atom stereocenters. The summed E-state index contributed by atoms with van der Waals surface area (Å²) in [5, 5.41) is 2.61. The highest BCUT2D eigenvalue weighted by Crippen LogP contribution is 2.22. The van der Waals surface area contributed by atoms with Gasteiger partial charge in [-0.1, -0.05) is 0 Å². The molecule has 5 N–H and O–H groups in total. The second kappa shape index (κ2) is 5.70. The molecule has 1 atom stereocenters. The highest BCUT2D eigenvalue weighted by molar-refractivity contribution is 5.53. The van der Waals surface area contributed by atoms with Crippen molar-refractivity contribution in [1.29, 1.82) is 0 Å². The van der Waals surface area contributed by atoms with E-state index in [9.17, 15) is 13.2 Å². The van der Waals surface area contributed by atoms with Crippen molar-refractivity contribution in [2.24, 2.45) is 5.73 Å². The zero-order chi connectivity index (χ0) is 14.8. The molecular weight excluding hydrogens is 273 g/mol. The molecule has 0 radical (unpaired) electrons. The normalized spacial score (nSPS) is 19.4. The third kappa shape index (κ3) is 4.12. The molecule has 0 spiro atoms. The van der Waals surface area contributed by atoms with E-state index in [1.807, 2.05) is 4.90 Å². The minimum absolute atomic E-state index is 0.0254. The summed E-state index contributed by atoms with van der Waals surface area (Å²) >= 11 is 0. The van der Waals surface area contributed by atoms with Crippen molar-refractivity contribution in [2.45, 2.75) is 25.1 Å². The summed E-state index contributed by atoms with van der Waals surface area (Å²) in [6, 6.07) is 1.66. The third-order valence-electron chi connectivity index (χ3n) is 2.99. The molecule has 20 heavy (non-hydrogen) atoms. The summed E-state index contributed by atoms with van der Waals surface area (Å²) in [6.07, 6.45) is -4.28. The van der Waals surface area contributed by atoms with E-state index in [-0.39, 0.29) is 24.4 Å². The molecule has 0 aromatic carbocycles. The summed E-state index contributed by atoms with van der Waals surface area (Å²) in [5.74, 6) is 0.898. The molecule has 1 fully saturated rings. The Kier molecular flexibility index (Phi) is 4.17. The second-order valence-corrected chi connectivity index (χ2v) is 4.76. The fraction of sp³-hybridized carbons (Fsp3) is 0.636. The number of halogens is 3. The van der Waals surface area contributed by atoms with Crippen molar-refractivity contribution in [2.75, 3.05) is 35.6 Å². The van der Waals surface area contributed by atoms with Gasteiger partial charge in [-0.3, -0.25) is 0 Å². The van der Waals surface area contributed by atoms with E-state index in [4.69, 9.17) is 11.5 Å². The maximum atomic E-state index is 12.1. The zero-order valence-corrected chi connectivity index (χ0v) is 10.8. The van der Waals surface area contributed by atoms with Gasteiger partial charge >= 0.3 is 6.18 Å². The lowest BCUT2D eigenvalue weighted by molar-refractivity contribution is -0.131. The predicted molar refractivity (Wildman–Crippen MR) is 70.4 cm³/mol. The number of nitrogens with two attached hydrogens (primary N) is 2. The van der Waals surface area contributed by atoms with Crippen LogP contribution in [-0.4, -0.2) is 41.8 Å². The molecule has 1 aromatic heterocycles. The molecule has 6 nitrogen and oxygen atoms in total. The fourth-order valence-electron chi connectivity index (χ4n) is 2.03. The van der Waals surface area contributed by atoms with Crippen molar-refractivity contribution in [3.05, 3.63) is 6.07 Å². The van der Waals surface area contributed by atoms with Crippen LogP contribution >= 0.6 is 0 Å². The van der Waals surface area contributed by atoms with Gasteiger partial charge < -0.3 is 21.7 Å². The van der Waals surface area contributed by atoms with E-state index < -0.39 is 12.6 Å². The van der Waals surface area contributed by atoms with Gasteiger partial charge in [-0.25, -0.2) is 0 Å². The van der Waals surface area contributed by atoms with Gasteiger partial charge in [0.2, 0.25) is 5.95 Å². The zero-order valence-electron chi connectivity index (χ0n) is 10.8. The molecule has 1 saturated heterocycles. The molecule has 2 heterocycles. The Morgan fingerprint density at radius 3 is 2.75 bits per heavy atom. The van der Waals surface area contributed by atoms with Crippen LogP contribution in [0.25, 0.3) is 0 Å². The summed E-state index contributed by atoms with van der Waals surface area (Å²) in [5.41, 5.74) is 11.4. The number of anilines is 3. The number of nitrogen functional groups attached to an aromatic ring is 1. The third-order valence-corrected chi connectivity index (χ3v) is 2.99. The van der Waals surface area contributed by atoms with Crippen LogP contribution < -0.4 is 21.7 Å². The van der Waals surface area contributed by atoms with Crippen molar-refractivity contribution >= 4 is 17.6 Å². The molecule has 0 bridgehead atoms. The highest BCUT2D eigenvalue weighted by atomic mass is 19.4. The Morgan fingerprint density at radius 2 is 2.15 bits per heavy atom. The molecule has 9 heteroatoms. The van der Waals surface area contributed by atoms with Gasteiger partial charge in [0.15, 0.2) is 0 Å². The van der Waals surface area contributed by atoms with Crippen LogP contribution in [0.4, 0.5) is 30.8 Å². The van der Waals surface area contributed by atoms with Crippen LogP contribution in [0.3, 0.4) is 0 Å². The standard InChI is InChI=1S/C11H17F3N6/c12-11(13,14)2-3-17-8-5-9(19-10(16)18-8)20-4-1-7(15)6-20/h5,7H,1-4,6,15H2,(H3,16,17,18,19)/t7-/m1/s1. The summed E-state index contributed by atoms with van der Waals surface area (Å²) in [6.45, 7) is 1.15. The second-order valence-electron chi connectivity index (χ2n) is 4.76. The van der Waals surface area contributed by atoms with Crippen molar-refractivity contribution in [1.82, 2.24) is 9.97 Å². The van der Waals surface area contributed by atoms with E-state index >= 15 is 0 Å². The minimum Gasteiger partial charge on any atom is -0.370 e. The average Bonchev–Trinajstić information content (AvgIpc) is 2.73. The van der Waals surface area contributed by atoms with Gasteiger partial charge in [-0.15, -0.1) is 0 Å². The molecule has 2 rings (SSSR count). The van der Waals surface area contributed by atoms with E-state index in [0.29, 0.717) is 12.4 Å². The average molecular weight is 290 g/mol. The lowest BCUT2D eigenvalue weighted by Gasteiger charge is -2.18. The SMILES string of the molecule is Nc1nc(NCCC(F)(F)F)cc(N2CC[C@@H](N)C2)n1. The van der Waals surface area contributed by atoms with Gasteiger partial charge in [-0.2, -0.15) is 23.1 Å². The number of hydrogen-bond acceptors (Lipinski definition) is 6. The van der Waals surface area contributed by atoms with Gasteiger partial charge in [0, 0.05) is 31.7 Å². The first kappa shape index (κ1) is 14.6. The Labute approximate surface area is 114 Å². The minimum atomic E-state index is -4.20. The molecular formula is C11H17F3N6. The summed E-state index contributed by atoms with van der Waals surface area (Å²) < 4.78 is 36.3. The molecule has 1 aromatic rings. The Hall–Kier alpha value is -1.77. The lowest BCUT2D eigenvalue weighted by Crippen LogP contribution is -2.27. The van der Waals surface area contributed by atoms with Gasteiger partial charge in [0.05, 0.1) is 6.42 Å². The van der Waals surface area contributed by atoms with Crippen LogP contribution in [0.15, 0.2) is 6.07 Å². The number of hydrogen-bond donors (Lipinski definition) is 3. The van der Waals surface area contributed by atoms with Crippen molar-refractivity contribution < 1.29 is 13.2 Å².